The van der Waals surface area contributed by atoms with E-state index < -0.39 is 0 Å². The van der Waals surface area contributed by atoms with Crippen molar-refractivity contribution in [3.63, 3.8) is 0 Å². The van der Waals surface area contributed by atoms with Gasteiger partial charge in [-0.1, -0.05) is 12.1 Å². The lowest BCUT2D eigenvalue weighted by Gasteiger charge is -2.42. The Hall–Kier alpha value is -2.97. The molecule has 2 aromatic rings. The fourth-order valence-electron chi connectivity index (χ4n) is 4.31. The lowest BCUT2D eigenvalue weighted by atomic mass is 10.1. The van der Waals surface area contributed by atoms with Crippen LogP contribution >= 0.6 is 0 Å². The second-order valence-electron chi connectivity index (χ2n) is 9.47. The lowest BCUT2D eigenvalue weighted by molar-refractivity contribution is -0.117. The molecule has 1 atom stereocenters. The van der Waals surface area contributed by atoms with Crippen molar-refractivity contribution in [1.82, 2.24) is 20.1 Å². The number of carbonyl (C=O) groups excluding carboxylic acids is 2. The van der Waals surface area contributed by atoms with Crippen LogP contribution < -0.4 is 15.5 Å². The van der Waals surface area contributed by atoms with Crippen LogP contribution in [0.2, 0.25) is 0 Å². The molecule has 1 fully saturated rings. The van der Waals surface area contributed by atoms with E-state index in [1.165, 1.54) is 0 Å². The number of hydrogen-bond acceptors (Lipinski definition) is 6. The van der Waals surface area contributed by atoms with E-state index in [0.717, 1.165) is 37.4 Å². The van der Waals surface area contributed by atoms with Crippen LogP contribution in [0.4, 0.5) is 11.5 Å². The van der Waals surface area contributed by atoms with Gasteiger partial charge in [0.05, 0.1) is 12.1 Å². The first kappa shape index (κ1) is 22.2. The summed E-state index contributed by atoms with van der Waals surface area (Å²) in [5.74, 6) is 0.508. The summed E-state index contributed by atoms with van der Waals surface area (Å²) >= 11 is 0. The van der Waals surface area contributed by atoms with E-state index in [1.807, 2.05) is 36.2 Å². The van der Waals surface area contributed by atoms with E-state index in [0.29, 0.717) is 17.9 Å². The van der Waals surface area contributed by atoms with Crippen molar-refractivity contribution in [2.45, 2.75) is 32.5 Å². The molecule has 1 saturated heterocycles. The zero-order valence-electron chi connectivity index (χ0n) is 19.3. The molecule has 2 aliphatic heterocycles. The Balaban J connectivity index is 1.34. The van der Waals surface area contributed by atoms with Gasteiger partial charge in [-0.15, -0.1) is 0 Å². The van der Waals surface area contributed by atoms with E-state index >= 15 is 0 Å². The molecule has 8 heteroatoms. The number of carbonyl (C=O) groups is 2. The summed E-state index contributed by atoms with van der Waals surface area (Å²) in [6.07, 6.45) is 1.38. The van der Waals surface area contributed by atoms with Crippen LogP contribution in [0, 0.1) is 0 Å². The number of anilines is 2. The minimum atomic E-state index is -0.311. The average Bonchev–Trinajstić information content (AvgIpc) is 2.76. The van der Waals surface area contributed by atoms with Gasteiger partial charge < -0.3 is 15.5 Å². The first-order chi connectivity index (χ1) is 15.2. The Kier molecular flexibility index (Phi) is 6.17. The normalized spacial score (nSPS) is 19.9. The number of rotatable bonds is 4. The fourth-order valence-corrected chi connectivity index (χ4v) is 4.31. The molecule has 0 bridgehead atoms. The average molecular weight is 437 g/mol. The van der Waals surface area contributed by atoms with Crippen molar-refractivity contribution in [1.29, 1.82) is 0 Å². The maximum absolute atomic E-state index is 12.5. The highest BCUT2D eigenvalue weighted by molar-refractivity contribution is 6.01. The fraction of sp³-hybridized carbons (Fsp3) is 0.458. The molecule has 1 aromatic heterocycles. The molecule has 8 nitrogen and oxygen atoms in total. The van der Waals surface area contributed by atoms with Gasteiger partial charge >= 0.3 is 0 Å². The standard InChI is InChI=1S/C24H32N6O2/c1-24(2,3)30-14-12-29(13-15-30)16-20(31)26-18-9-7-17(8-10-18)21-27-23(32)19-6-5-11-25-22(19)28(21)4/h5-11,21H,12-16H2,1-4H3,(H,26,31)(H,27,32)/t21-/m0/s1. The van der Waals surface area contributed by atoms with Crippen LogP contribution in [0.5, 0.6) is 0 Å². The van der Waals surface area contributed by atoms with Gasteiger partial charge in [0.15, 0.2) is 0 Å². The maximum atomic E-state index is 12.5. The van der Waals surface area contributed by atoms with E-state index in [9.17, 15) is 9.59 Å². The van der Waals surface area contributed by atoms with Crippen LogP contribution in [-0.2, 0) is 4.79 Å². The highest BCUT2D eigenvalue weighted by Gasteiger charge is 2.30. The van der Waals surface area contributed by atoms with E-state index in [4.69, 9.17) is 0 Å². The Labute approximate surface area is 189 Å². The third-order valence-electron chi connectivity index (χ3n) is 6.22. The largest absolute Gasteiger partial charge is 0.335 e. The minimum absolute atomic E-state index is 0.0110. The zero-order chi connectivity index (χ0) is 22.9. The number of fused-ring (bicyclic) bond motifs is 1. The van der Waals surface area contributed by atoms with E-state index in [1.54, 1.807) is 18.3 Å². The molecule has 4 rings (SSSR count). The number of aromatic nitrogens is 1. The molecule has 0 spiro atoms. The molecule has 1 aromatic carbocycles. The predicted molar refractivity (Wildman–Crippen MR) is 126 cm³/mol. The monoisotopic (exact) mass is 436 g/mol. The Bertz CT molecular complexity index is 977. The summed E-state index contributed by atoms with van der Waals surface area (Å²) < 4.78 is 0. The quantitative estimate of drug-likeness (QED) is 0.766. The summed E-state index contributed by atoms with van der Waals surface area (Å²) in [5.41, 5.74) is 2.41. The van der Waals surface area contributed by atoms with Crippen LogP contribution in [0.1, 0.15) is 42.9 Å². The molecule has 0 unspecified atom stereocenters. The van der Waals surface area contributed by atoms with Crippen molar-refractivity contribution >= 4 is 23.3 Å². The van der Waals surface area contributed by atoms with Gasteiger partial charge in [-0.25, -0.2) is 4.98 Å². The molecule has 0 aliphatic carbocycles. The Morgan fingerprint density at radius 1 is 1.12 bits per heavy atom. The molecule has 0 radical (unpaired) electrons. The number of nitrogens with zero attached hydrogens (tertiary/aromatic N) is 4. The number of hydrogen-bond donors (Lipinski definition) is 2. The third kappa shape index (κ3) is 4.76. The van der Waals surface area contributed by atoms with Crippen LogP contribution in [0.15, 0.2) is 42.6 Å². The van der Waals surface area contributed by atoms with Gasteiger partial charge in [0.2, 0.25) is 5.91 Å². The zero-order valence-corrected chi connectivity index (χ0v) is 19.3. The van der Waals surface area contributed by atoms with Gasteiger partial charge in [0, 0.05) is 50.6 Å². The highest BCUT2D eigenvalue weighted by atomic mass is 16.2. The molecule has 2 N–H and O–H groups in total. The van der Waals surface area contributed by atoms with E-state index in [2.05, 4.69) is 46.2 Å². The first-order valence-corrected chi connectivity index (χ1v) is 11.1. The SMILES string of the molecule is CN1c2ncccc2C(=O)N[C@@H]1c1ccc(NC(=O)CN2CCN(C(C)(C)C)CC2)cc1. The van der Waals surface area contributed by atoms with Crippen molar-refractivity contribution in [2.75, 3.05) is 50.0 Å². The second kappa shape index (κ2) is 8.88. The molecule has 3 heterocycles. The first-order valence-electron chi connectivity index (χ1n) is 11.1. The van der Waals surface area contributed by atoms with Crippen molar-refractivity contribution in [2.24, 2.45) is 0 Å². The molecular weight excluding hydrogens is 404 g/mol. The van der Waals surface area contributed by atoms with Crippen molar-refractivity contribution < 1.29 is 9.59 Å². The summed E-state index contributed by atoms with van der Waals surface area (Å²) in [5, 5.41) is 6.01. The van der Waals surface area contributed by atoms with Gasteiger partial charge in [0.1, 0.15) is 12.0 Å². The van der Waals surface area contributed by atoms with Gasteiger partial charge in [-0.3, -0.25) is 19.4 Å². The second-order valence-corrected chi connectivity index (χ2v) is 9.47. The molecule has 2 aliphatic rings. The lowest BCUT2D eigenvalue weighted by Crippen LogP contribution is -2.54. The Morgan fingerprint density at radius 3 is 2.47 bits per heavy atom. The van der Waals surface area contributed by atoms with E-state index in [-0.39, 0.29) is 23.5 Å². The number of benzene rings is 1. The smallest absolute Gasteiger partial charge is 0.256 e. The summed E-state index contributed by atoms with van der Waals surface area (Å²) in [6, 6.07) is 11.1. The van der Waals surface area contributed by atoms with Gasteiger partial charge in [0.25, 0.3) is 5.91 Å². The summed E-state index contributed by atoms with van der Waals surface area (Å²) in [6.45, 7) is 10.8. The predicted octanol–water partition coefficient (Wildman–Crippen LogP) is 2.31. The molecule has 170 valence electrons. The van der Waals surface area contributed by atoms with Gasteiger partial charge in [-0.05, 0) is 50.6 Å². The minimum Gasteiger partial charge on any atom is -0.335 e. The molecule has 32 heavy (non-hydrogen) atoms. The van der Waals surface area contributed by atoms with Crippen molar-refractivity contribution in [3.8, 4) is 0 Å². The molecule has 2 amide bonds. The summed E-state index contributed by atoms with van der Waals surface area (Å²) in [7, 11) is 1.91. The third-order valence-corrected chi connectivity index (χ3v) is 6.22. The van der Waals surface area contributed by atoms with Crippen LogP contribution in [0.25, 0.3) is 0 Å². The van der Waals surface area contributed by atoms with Crippen LogP contribution in [0.3, 0.4) is 0 Å². The highest BCUT2D eigenvalue weighted by Crippen LogP contribution is 2.30. The topological polar surface area (TPSA) is 80.8 Å². The number of amides is 2. The van der Waals surface area contributed by atoms with Crippen LogP contribution in [-0.4, -0.2) is 71.9 Å². The number of pyridine rings is 1. The maximum Gasteiger partial charge on any atom is 0.256 e. The van der Waals surface area contributed by atoms with Crippen molar-refractivity contribution in [3.05, 3.63) is 53.7 Å². The molecule has 0 saturated carbocycles. The number of piperazine rings is 1. The number of nitrogens with one attached hydrogen (secondary N) is 2. The summed E-state index contributed by atoms with van der Waals surface area (Å²) in [4.78, 5) is 35.9. The Morgan fingerprint density at radius 2 is 1.81 bits per heavy atom. The molecular formula is C24H32N6O2. The van der Waals surface area contributed by atoms with Gasteiger partial charge in [-0.2, -0.15) is 0 Å².